The van der Waals surface area contributed by atoms with E-state index < -0.39 is 6.36 Å². The molecule has 1 aliphatic rings. The highest BCUT2D eigenvalue weighted by atomic mass is 19.1. The molecule has 1 aromatic carbocycles. The minimum atomic E-state index is -1.21. The molecule has 0 amide bonds. The number of methoxy groups -OCH3 is 1. The normalized spacial score (nSPS) is 25.2. The molecule has 2 atom stereocenters. The van der Waals surface area contributed by atoms with Gasteiger partial charge in [0, 0.05) is 11.8 Å². The summed E-state index contributed by atoms with van der Waals surface area (Å²) in [6.07, 6.45) is -0.519. The topological polar surface area (TPSA) is 30.5 Å². The van der Waals surface area contributed by atoms with Crippen molar-refractivity contribution in [3.05, 3.63) is 24.3 Å². The van der Waals surface area contributed by atoms with E-state index in [1.54, 1.807) is 7.11 Å². The van der Waals surface area contributed by atoms with Crippen molar-refractivity contribution in [2.45, 2.75) is 18.8 Å². The molecule has 0 spiro atoms. The van der Waals surface area contributed by atoms with Crippen molar-refractivity contribution < 1.29 is 13.9 Å². The SMILES string of the molecule is COc1cccc(NC2CCOC2F)c1. The van der Waals surface area contributed by atoms with Gasteiger partial charge in [-0.3, -0.25) is 0 Å². The fraction of sp³-hybridized carbons (Fsp3) is 0.455. The summed E-state index contributed by atoms with van der Waals surface area (Å²) in [6.45, 7) is 0.475. The quantitative estimate of drug-likeness (QED) is 0.831. The van der Waals surface area contributed by atoms with Gasteiger partial charge in [-0.15, -0.1) is 0 Å². The summed E-state index contributed by atoms with van der Waals surface area (Å²) < 4.78 is 23.1. The second-order valence-electron chi connectivity index (χ2n) is 3.49. The molecule has 2 rings (SSSR count). The predicted molar refractivity (Wildman–Crippen MR) is 55.9 cm³/mol. The first-order valence-electron chi connectivity index (χ1n) is 4.96. The third-order valence-corrected chi connectivity index (χ3v) is 2.44. The van der Waals surface area contributed by atoms with Gasteiger partial charge >= 0.3 is 0 Å². The van der Waals surface area contributed by atoms with Gasteiger partial charge in [-0.2, -0.15) is 0 Å². The minimum absolute atomic E-state index is 0.253. The van der Waals surface area contributed by atoms with Gasteiger partial charge in [-0.05, 0) is 18.6 Å². The lowest BCUT2D eigenvalue weighted by atomic mass is 10.2. The Hall–Kier alpha value is -1.29. The van der Waals surface area contributed by atoms with E-state index in [4.69, 9.17) is 9.47 Å². The highest BCUT2D eigenvalue weighted by molar-refractivity contribution is 5.49. The lowest BCUT2D eigenvalue weighted by Gasteiger charge is -2.15. The summed E-state index contributed by atoms with van der Waals surface area (Å²) in [4.78, 5) is 0. The average molecular weight is 211 g/mol. The molecular formula is C11H14FNO2. The first-order chi connectivity index (χ1) is 7.29. The molecule has 0 radical (unpaired) electrons. The van der Waals surface area contributed by atoms with Crippen molar-refractivity contribution in [3.63, 3.8) is 0 Å². The fourth-order valence-electron chi connectivity index (χ4n) is 1.62. The van der Waals surface area contributed by atoms with Gasteiger partial charge in [-0.25, -0.2) is 4.39 Å². The van der Waals surface area contributed by atoms with Crippen molar-refractivity contribution >= 4 is 5.69 Å². The van der Waals surface area contributed by atoms with E-state index in [0.717, 1.165) is 11.4 Å². The van der Waals surface area contributed by atoms with Crippen LogP contribution < -0.4 is 10.1 Å². The Labute approximate surface area is 88.2 Å². The molecule has 1 aromatic rings. The van der Waals surface area contributed by atoms with E-state index in [1.807, 2.05) is 24.3 Å². The standard InChI is InChI=1S/C11H14FNO2/c1-14-9-4-2-3-8(7-9)13-10-5-6-15-11(10)12/h2-4,7,10-11,13H,5-6H2,1H3. The molecular weight excluding hydrogens is 197 g/mol. The molecule has 0 saturated carbocycles. The molecule has 82 valence electrons. The van der Waals surface area contributed by atoms with E-state index in [2.05, 4.69) is 5.32 Å². The average Bonchev–Trinajstić information content (AvgIpc) is 2.65. The lowest BCUT2D eigenvalue weighted by Crippen LogP contribution is -2.25. The Morgan fingerprint density at radius 1 is 1.53 bits per heavy atom. The number of halogens is 1. The number of ether oxygens (including phenoxy) is 2. The molecule has 15 heavy (non-hydrogen) atoms. The highest BCUT2D eigenvalue weighted by Crippen LogP contribution is 2.22. The number of alkyl halides is 1. The van der Waals surface area contributed by atoms with Gasteiger partial charge in [0.1, 0.15) is 5.75 Å². The molecule has 1 fully saturated rings. The Balaban J connectivity index is 2.03. The van der Waals surface area contributed by atoms with E-state index in [1.165, 1.54) is 0 Å². The van der Waals surface area contributed by atoms with Crippen molar-refractivity contribution in [2.75, 3.05) is 19.0 Å². The van der Waals surface area contributed by atoms with Crippen LogP contribution in [-0.2, 0) is 4.74 Å². The summed E-state index contributed by atoms with van der Waals surface area (Å²) in [5.41, 5.74) is 0.854. The number of anilines is 1. The van der Waals surface area contributed by atoms with Crippen molar-refractivity contribution in [1.82, 2.24) is 0 Å². The lowest BCUT2D eigenvalue weighted by molar-refractivity contribution is 0.00461. The maximum Gasteiger partial charge on any atom is 0.219 e. The zero-order valence-electron chi connectivity index (χ0n) is 8.57. The molecule has 0 bridgehead atoms. The summed E-state index contributed by atoms with van der Waals surface area (Å²) in [5.74, 6) is 0.759. The first-order valence-corrected chi connectivity index (χ1v) is 4.96. The number of nitrogens with one attached hydrogen (secondary N) is 1. The Kier molecular flexibility index (Phi) is 3.06. The Morgan fingerprint density at radius 3 is 3.07 bits per heavy atom. The number of rotatable bonds is 3. The van der Waals surface area contributed by atoms with Crippen LogP contribution in [0, 0.1) is 0 Å². The van der Waals surface area contributed by atoms with Crippen LogP contribution in [0.3, 0.4) is 0 Å². The van der Waals surface area contributed by atoms with Crippen molar-refractivity contribution in [2.24, 2.45) is 0 Å². The third-order valence-electron chi connectivity index (χ3n) is 2.44. The van der Waals surface area contributed by atoms with E-state index in [9.17, 15) is 4.39 Å². The second kappa shape index (κ2) is 4.49. The second-order valence-corrected chi connectivity index (χ2v) is 3.49. The van der Waals surface area contributed by atoms with Gasteiger partial charge < -0.3 is 14.8 Å². The summed E-state index contributed by atoms with van der Waals surface area (Å²) >= 11 is 0. The van der Waals surface area contributed by atoms with Crippen LogP contribution in [0.5, 0.6) is 5.75 Å². The molecule has 2 unspecified atom stereocenters. The third kappa shape index (κ3) is 2.39. The zero-order valence-corrected chi connectivity index (χ0v) is 8.57. The van der Waals surface area contributed by atoms with Gasteiger partial charge in [-0.1, -0.05) is 6.07 Å². The summed E-state index contributed by atoms with van der Waals surface area (Å²) in [5, 5.41) is 3.09. The zero-order chi connectivity index (χ0) is 10.7. The maximum atomic E-state index is 13.1. The van der Waals surface area contributed by atoms with E-state index in [0.29, 0.717) is 13.0 Å². The van der Waals surface area contributed by atoms with Crippen LogP contribution >= 0.6 is 0 Å². The number of hydrogen-bond donors (Lipinski definition) is 1. The molecule has 4 heteroatoms. The number of benzene rings is 1. The van der Waals surface area contributed by atoms with Gasteiger partial charge in [0.15, 0.2) is 0 Å². The van der Waals surface area contributed by atoms with Gasteiger partial charge in [0.2, 0.25) is 6.36 Å². The molecule has 1 saturated heterocycles. The predicted octanol–water partition coefficient (Wildman–Crippen LogP) is 2.19. The fourth-order valence-corrected chi connectivity index (χ4v) is 1.62. The van der Waals surface area contributed by atoms with E-state index in [-0.39, 0.29) is 6.04 Å². The molecule has 1 N–H and O–H groups in total. The Bertz CT molecular complexity index is 332. The van der Waals surface area contributed by atoms with E-state index >= 15 is 0 Å². The highest BCUT2D eigenvalue weighted by Gasteiger charge is 2.27. The van der Waals surface area contributed by atoms with Crippen LogP contribution in [0.25, 0.3) is 0 Å². The van der Waals surface area contributed by atoms with Crippen LogP contribution in [0.2, 0.25) is 0 Å². The minimum Gasteiger partial charge on any atom is -0.497 e. The van der Waals surface area contributed by atoms with Crippen molar-refractivity contribution in [1.29, 1.82) is 0 Å². The van der Waals surface area contributed by atoms with Crippen LogP contribution in [0.1, 0.15) is 6.42 Å². The largest absolute Gasteiger partial charge is 0.497 e. The summed E-state index contributed by atoms with van der Waals surface area (Å²) in [7, 11) is 1.61. The Morgan fingerprint density at radius 2 is 2.40 bits per heavy atom. The summed E-state index contributed by atoms with van der Waals surface area (Å²) in [6, 6.07) is 7.18. The monoisotopic (exact) mass is 211 g/mol. The molecule has 0 aromatic heterocycles. The first kappa shape index (κ1) is 10.2. The number of hydrogen-bond acceptors (Lipinski definition) is 3. The van der Waals surface area contributed by atoms with Crippen molar-refractivity contribution in [3.8, 4) is 5.75 Å². The molecule has 1 heterocycles. The van der Waals surface area contributed by atoms with Crippen LogP contribution in [0.4, 0.5) is 10.1 Å². The van der Waals surface area contributed by atoms with Gasteiger partial charge in [0.05, 0.1) is 19.8 Å². The van der Waals surface area contributed by atoms with Crippen LogP contribution in [-0.4, -0.2) is 26.1 Å². The van der Waals surface area contributed by atoms with Crippen LogP contribution in [0.15, 0.2) is 24.3 Å². The smallest absolute Gasteiger partial charge is 0.219 e. The maximum absolute atomic E-state index is 13.1. The molecule has 0 aliphatic carbocycles. The van der Waals surface area contributed by atoms with Gasteiger partial charge in [0.25, 0.3) is 0 Å². The molecule has 1 aliphatic heterocycles. The molecule has 3 nitrogen and oxygen atoms in total.